The topological polar surface area (TPSA) is 119 Å². The quantitative estimate of drug-likeness (QED) is 0.544. The van der Waals surface area contributed by atoms with E-state index in [0.717, 1.165) is 4.90 Å². The number of nitrogens with one attached hydrogen (secondary N) is 1. The number of carbonyl (C=O) groups excluding carboxylic acids is 5. The second-order valence-electron chi connectivity index (χ2n) is 7.45. The van der Waals surface area contributed by atoms with Gasteiger partial charge in [-0.2, -0.15) is 0 Å². The van der Waals surface area contributed by atoms with Crippen LogP contribution in [0.15, 0.2) is 42.5 Å². The first-order valence-corrected chi connectivity index (χ1v) is 9.79. The molecule has 0 radical (unpaired) electrons. The largest absolute Gasteiger partial charge is 0.465 e. The average molecular weight is 438 g/mol. The number of methoxy groups -OCH3 is 2. The first-order chi connectivity index (χ1) is 15.2. The van der Waals surface area contributed by atoms with Crippen LogP contribution in [0.2, 0.25) is 0 Å². The smallest absolute Gasteiger partial charge is 0.339 e. The summed E-state index contributed by atoms with van der Waals surface area (Å²) in [6, 6.07) is 9.13. The summed E-state index contributed by atoms with van der Waals surface area (Å²) in [5, 5.41) is 2.58. The lowest BCUT2D eigenvalue weighted by Gasteiger charge is -2.28. The van der Waals surface area contributed by atoms with Gasteiger partial charge in [0.2, 0.25) is 5.91 Å². The van der Waals surface area contributed by atoms with Gasteiger partial charge >= 0.3 is 11.9 Å². The molecule has 1 heterocycles. The van der Waals surface area contributed by atoms with E-state index in [0.29, 0.717) is 0 Å². The zero-order valence-corrected chi connectivity index (χ0v) is 18.0. The summed E-state index contributed by atoms with van der Waals surface area (Å²) >= 11 is 0. The highest BCUT2D eigenvalue weighted by atomic mass is 16.5. The molecule has 9 nitrogen and oxygen atoms in total. The molecule has 2 aromatic rings. The maximum Gasteiger partial charge on any atom is 0.339 e. The van der Waals surface area contributed by atoms with Gasteiger partial charge in [-0.05, 0) is 36.2 Å². The number of imide groups is 1. The molecule has 2 aromatic carbocycles. The fourth-order valence-electron chi connectivity index (χ4n) is 3.57. The van der Waals surface area contributed by atoms with Gasteiger partial charge in [0, 0.05) is 0 Å². The molecule has 1 aliphatic rings. The Morgan fingerprint density at radius 2 is 1.44 bits per heavy atom. The molecule has 9 heteroatoms. The van der Waals surface area contributed by atoms with Gasteiger partial charge in [-0.3, -0.25) is 19.3 Å². The lowest BCUT2D eigenvalue weighted by molar-refractivity contribution is -0.121. The number of fused-ring (bicyclic) bond motifs is 1. The Balaban J connectivity index is 1.99. The standard InChI is InChI=1S/C23H22N2O7/c1-12(2)18(25-20(27)14-7-5-6-8-15(14)21(25)28)19(26)24-17-11-13(22(29)31-3)9-10-16(17)23(30)32-4/h5-12,18H,1-4H3,(H,24,26)/t18-/m0/s1. The molecular formula is C23H22N2O7. The molecule has 0 fully saturated rings. The average Bonchev–Trinajstić information content (AvgIpc) is 3.03. The molecule has 0 unspecified atom stereocenters. The molecule has 0 aromatic heterocycles. The number of carbonyl (C=O) groups is 5. The van der Waals surface area contributed by atoms with E-state index in [-0.39, 0.29) is 27.9 Å². The van der Waals surface area contributed by atoms with E-state index in [1.807, 2.05) is 0 Å². The number of hydrogen-bond donors (Lipinski definition) is 1. The van der Waals surface area contributed by atoms with Crippen molar-refractivity contribution < 1.29 is 33.4 Å². The van der Waals surface area contributed by atoms with Crippen molar-refractivity contribution in [3.8, 4) is 0 Å². The highest BCUT2D eigenvalue weighted by Crippen LogP contribution is 2.28. The molecule has 0 saturated heterocycles. The van der Waals surface area contributed by atoms with E-state index < -0.39 is 41.6 Å². The van der Waals surface area contributed by atoms with E-state index in [4.69, 9.17) is 4.74 Å². The van der Waals surface area contributed by atoms with Gasteiger partial charge in [0.05, 0.1) is 42.2 Å². The third kappa shape index (κ3) is 3.96. The van der Waals surface area contributed by atoms with Crippen LogP contribution >= 0.6 is 0 Å². The predicted octanol–water partition coefficient (Wildman–Crippen LogP) is 2.52. The Labute approximate surface area is 184 Å². The van der Waals surface area contributed by atoms with Crippen LogP contribution in [0.25, 0.3) is 0 Å². The second-order valence-corrected chi connectivity index (χ2v) is 7.45. The SMILES string of the molecule is COC(=O)c1ccc(C(=O)OC)c(NC(=O)[C@H](C(C)C)N2C(=O)c3ccccc3C2=O)c1. The molecule has 1 N–H and O–H groups in total. The molecule has 0 spiro atoms. The van der Waals surface area contributed by atoms with Crippen molar-refractivity contribution in [1.29, 1.82) is 0 Å². The molecule has 3 amide bonds. The Hall–Kier alpha value is -4.01. The van der Waals surface area contributed by atoms with Crippen LogP contribution in [0.1, 0.15) is 55.3 Å². The monoisotopic (exact) mass is 438 g/mol. The molecule has 1 aliphatic heterocycles. The predicted molar refractivity (Wildman–Crippen MR) is 113 cm³/mol. The normalized spacial score (nSPS) is 13.6. The number of esters is 2. The lowest BCUT2D eigenvalue weighted by atomic mass is 10.0. The molecule has 0 aliphatic carbocycles. The zero-order valence-electron chi connectivity index (χ0n) is 18.0. The summed E-state index contributed by atoms with van der Waals surface area (Å²) in [6.07, 6.45) is 0. The highest BCUT2D eigenvalue weighted by Gasteiger charge is 2.44. The second kappa shape index (κ2) is 9.01. The number of benzene rings is 2. The zero-order chi connectivity index (χ0) is 23.6. The molecule has 32 heavy (non-hydrogen) atoms. The van der Waals surface area contributed by atoms with Crippen molar-refractivity contribution >= 4 is 35.3 Å². The van der Waals surface area contributed by atoms with Crippen molar-refractivity contribution in [2.75, 3.05) is 19.5 Å². The summed E-state index contributed by atoms with van der Waals surface area (Å²) in [5.41, 5.74) is 0.528. The first kappa shape index (κ1) is 22.7. The third-order valence-corrected chi connectivity index (χ3v) is 5.11. The van der Waals surface area contributed by atoms with Crippen LogP contribution in [-0.2, 0) is 14.3 Å². The van der Waals surface area contributed by atoms with E-state index in [1.54, 1.807) is 26.0 Å². The minimum absolute atomic E-state index is 0.00151. The van der Waals surface area contributed by atoms with Crippen molar-refractivity contribution in [3.05, 3.63) is 64.7 Å². The van der Waals surface area contributed by atoms with E-state index in [9.17, 15) is 24.0 Å². The maximum atomic E-state index is 13.3. The summed E-state index contributed by atoms with van der Waals surface area (Å²) in [5.74, 6) is -3.69. The van der Waals surface area contributed by atoms with Gasteiger partial charge < -0.3 is 14.8 Å². The number of nitrogens with zero attached hydrogens (tertiary/aromatic N) is 1. The van der Waals surface area contributed by atoms with E-state index in [1.165, 1.54) is 44.6 Å². The van der Waals surface area contributed by atoms with Gasteiger partial charge in [-0.1, -0.05) is 26.0 Å². The summed E-state index contributed by atoms with van der Waals surface area (Å²) < 4.78 is 9.43. The van der Waals surface area contributed by atoms with Gasteiger partial charge in [0.1, 0.15) is 6.04 Å². The van der Waals surface area contributed by atoms with Crippen LogP contribution < -0.4 is 5.32 Å². The van der Waals surface area contributed by atoms with Crippen molar-refractivity contribution in [1.82, 2.24) is 4.90 Å². The summed E-state index contributed by atoms with van der Waals surface area (Å²) in [7, 11) is 2.38. The molecule has 3 rings (SSSR count). The lowest BCUT2D eigenvalue weighted by Crippen LogP contribution is -2.50. The van der Waals surface area contributed by atoms with Crippen LogP contribution in [0, 0.1) is 5.92 Å². The Morgan fingerprint density at radius 1 is 0.875 bits per heavy atom. The Bertz CT molecular complexity index is 1090. The van der Waals surface area contributed by atoms with Crippen LogP contribution in [0.5, 0.6) is 0 Å². The summed E-state index contributed by atoms with van der Waals surface area (Å²) in [4.78, 5) is 64.1. The van der Waals surface area contributed by atoms with Crippen molar-refractivity contribution in [3.63, 3.8) is 0 Å². The number of hydrogen-bond acceptors (Lipinski definition) is 7. The van der Waals surface area contributed by atoms with Crippen LogP contribution in [-0.4, -0.2) is 54.8 Å². The number of rotatable bonds is 6. The van der Waals surface area contributed by atoms with E-state index in [2.05, 4.69) is 10.1 Å². The fraction of sp³-hybridized carbons (Fsp3) is 0.261. The van der Waals surface area contributed by atoms with Gasteiger partial charge in [-0.25, -0.2) is 9.59 Å². The minimum Gasteiger partial charge on any atom is -0.465 e. The van der Waals surface area contributed by atoms with Crippen LogP contribution in [0.3, 0.4) is 0 Å². The Morgan fingerprint density at radius 3 is 1.94 bits per heavy atom. The Kier molecular flexibility index (Phi) is 6.38. The van der Waals surface area contributed by atoms with Crippen molar-refractivity contribution in [2.24, 2.45) is 5.92 Å². The molecule has 0 saturated carbocycles. The van der Waals surface area contributed by atoms with Gasteiger partial charge in [0.15, 0.2) is 0 Å². The highest BCUT2D eigenvalue weighted by molar-refractivity contribution is 6.23. The molecular weight excluding hydrogens is 416 g/mol. The van der Waals surface area contributed by atoms with Crippen LogP contribution in [0.4, 0.5) is 5.69 Å². The van der Waals surface area contributed by atoms with Gasteiger partial charge in [0.25, 0.3) is 11.8 Å². The maximum absolute atomic E-state index is 13.3. The third-order valence-electron chi connectivity index (χ3n) is 5.11. The first-order valence-electron chi connectivity index (χ1n) is 9.79. The molecule has 166 valence electrons. The molecule has 1 atom stereocenters. The summed E-state index contributed by atoms with van der Waals surface area (Å²) in [6.45, 7) is 3.39. The number of ether oxygens (including phenoxy) is 2. The van der Waals surface area contributed by atoms with E-state index >= 15 is 0 Å². The van der Waals surface area contributed by atoms with Crippen molar-refractivity contribution in [2.45, 2.75) is 19.9 Å². The fourth-order valence-corrected chi connectivity index (χ4v) is 3.57. The molecule has 0 bridgehead atoms. The van der Waals surface area contributed by atoms with Gasteiger partial charge in [-0.15, -0.1) is 0 Å². The number of amides is 3. The number of anilines is 1. The minimum atomic E-state index is -1.16.